The van der Waals surface area contributed by atoms with Crippen molar-refractivity contribution in [1.82, 2.24) is 15.0 Å². The summed E-state index contributed by atoms with van der Waals surface area (Å²) in [5, 5.41) is 12.0. The van der Waals surface area contributed by atoms with E-state index in [2.05, 4.69) is 26.3 Å². The Balaban J connectivity index is 0.000000270. The summed E-state index contributed by atoms with van der Waals surface area (Å²) in [5.74, 6) is 2.53. The first-order valence-electron chi connectivity index (χ1n) is 15.2. The molecule has 5 heterocycles. The molecule has 4 saturated heterocycles. The number of nitrogens with zero attached hydrogens (tertiary/aromatic N) is 6. The van der Waals surface area contributed by atoms with Gasteiger partial charge in [-0.05, 0) is 31.2 Å². The van der Waals surface area contributed by atoms with Gasteiger partial charge in [-0.25, -0.2) is 4.68 Å². The van der Waals surface area contributed by atoms with Crippen LogP contribution < -0.4 is 0 Å². The van der Waals surface area contributed by atoms with Crippen LogP contribution in [-0.4, -0.2) is 155 Å². The van der Waals surface area contributed by atoms with Crippen LogP contribution in [-0.2, 0) is 61.4 Å². The van der Waals surface area contributed by atoms with Crippen molar-refractivity contribution in [2.24, 2.45) is 5.11 Å². The van der Waals surface area contributed by atoms with Crippen molar-refractivity contribution in [2.45, 2.75) is 111 Å². The van der Waals surface area contributed by atoms with Gasteiger partial charge in [-0.3, -0.25) is 0 Å². The van der Waals surface area contributed by atoms with E-state index in [-0.39, 0.29) is 89.8 Å². The molecule has 0 aromatic carbocycles. The largest absolute Gasteiger partial charge is 0.382 e. The molecule has 0 spiro atoms. The molecule has 19 heteroatoms. The number of azide groups is 1. The van der Waals surface area contributed by atoms with Crippen LogP contribution in [0.15, 0.2) is 11.3 Å². The van der Waals surface area contributed by atoms with Crippen molar-refractivity contribution in [3.63, 3.8) is 0 Å². The minimum atomic E-state index is -0.333. The number of ether oxygens (including phenoxy) is 8. The van der Waals surface area contributed by atoms with Gasteiger partial charge < -0.3 is 37.9 Å². The third kappa shape index (κ3) is 12.7. The maximum atomic E-state index is 8.22. The van der Waals surface area contributed by atoms with Gasteiger partial charge in [0.15, 0.2) is 0 Å². The fourth-order valence-corrected chi connectivity index (χ4v) is 5.86. The van der Waals surface area contributed by atoms with E-state index >= 15 is 0 Å². The predicted octanol–water partition coefficient (Wildman–Crippen LogP) is 0.491. The maximum absolute atomic E-state index is 8.22. The molecule has 4 aliphatic heterocycles. The van der Waals surface area contributed by atoms with Gasteiger partial charge in [0.1, 0.15) is 37.5 Å². The molecular weight excluding hydrogens is 655 g/mol. The number of hydrogen-bond donors (Lipinski definition) is 0. The van der Waals surface area contributed by atoms with Crippen molar-refractivity contribution in [3.8, 4) is 12.3 Å². The number of methoxy groups -OCH3 is 4. The maximum Gasteiger partial charge on any atom is 0.109 e. The van der Waals surface area contributed by atoms with E-state index in [0.717, 1.165) is 12.1 Å². The fraction of sp³-hybridized carbons (Fsp3) is 0.857. The van der Waals surface area contributed by atoms with E-state index in [1.54, 1.807) is 28.4 Å². The third-order valence-corrected chi connectivity index (χ3v) is 8.06. The molecule has 4 fully saturated rings. The second-order valence-corrected chi connectivity index (χ2v) is 11.4. The number of rotatable bonds is 11. The molecular formula is C28H42B4CuN6O8. The molecule has 0 amide bonds. The smallest absolute Gasteiger partial charge is 0.109 e. The molecule has 255 valence electrons. The zero-order valence-corrected chi connectivity index (χ0v) is 28.2. The van der Waals surface area contributed by atoms with Gasteiger partial charge in [-0.1, -0.05) is 10.3 Å². The first-order chi connectivity index (χ1) is 22.1. The minimum absolute atomic E-state index is 0. The van der Waals surface area contributed by atoms with Gasteiger partial charge in [0.25, 0.3) is 0 Å². The van der Waals surface area contributed by atoms with Crippen LogP contribution in [0.4, 0.5) is 0 Å². The molecule has 1 aromatic heterocycles. The Morgan fingerprint density at radius 1 is 0.872 bits per heavy atom. The zero-order valence-electron chi connectivity index (χ0n) is 27.3. The van der Waals surface area contributed by atoms with Crippen LogP contribution in [0.1, 0.15) is 43.8 Å². The van der Waals surface area contributed by atoms with Crippen LogP contribution in [0.5, 0.6) is 0 Å². The molecule has 47 heavy (non-hydrogen) atoms. The molecule has 0 bridgehead atoms. The zero-order chi connectivity index (χ0) is 33.6. The summed E-state index contributed by atoms with van der Waals surface area (Å²) in [7, 11) is 29.3. The summed E-state index contributed by atoms with van der Waals surface area (Å²) in [6.07, 6.45) is 10.6. The number of aromatic nitrogens is 3. The van der Waals surface area contributed by atoms with Crippen LogP contribution in [0, 0.1) is 12.3 Å². The van der Waals surface area contributed by atoms with Crippen molar-refractivity contribution < 1.29 is 55.0 Å². The van der Waals surface area contributed by atoms with Gasteiger partial charge in [-0.2, -0.15) is 0 Å². The predicted molar refractivity (Wildman–Crippen MR) is 171 cm³/mol. The molecule has 1 aromatic rings. The molecule has 5 rings (SSSR count). The summed E-state index contributed by atoms with van der Waals surface area (Å²) in [5.41, 5.74) is 9.06. The summed E-state index contributed by atoms with van der Waals surface area (Å²) in [6.45, 7) is 0.886. The van der Waals surface area contributed by atoms with Crippen LogP contribution in [0.3, 0.4) is 0 Å². The third-order valence-electron chi connectivity index (χ3n) is 8.06. The van der Waals surface area contributed by atoms with E-state index in [1.165, 1.54) is 0 Å². The monoisotopic (exact) mass is 697 g/mol. The Morgan fingerprint density at radius 3 is 2.00 bits per heavy atom. The van der Waals surface area contributed by atoms with E-state index < -0.39 is 0 Å². The van der Waals surface area contributed by atoms with Crippen LogP contribution >= 0.6 is 0 Å². The Morgan fingerprint density at radius 2 is 1.40 bits per heavy atom. The molecule has 4 aliphatic rings. The van der Waals surface area contributed by atoms with Gasteiger partial charge >= 0.3 is 0 Å². The number of terminal acetylenes is 1. The van der Waals surface area contributed by atoms with E-state index in [4.69, 9.17) is 81.2 Å². The molecule has 12 atom stereocenters. The van der Waals surface area contributed by atoms with Crippen molar-refractivity contribution in [1.29, 1.82) is 0 Å². The Kier molecular flexibility index (Phi) is 19.1. The van der Waals surface area contributed by atoms with Gasteiger partial charge in [0.05, 0.1) is 61.5 Å². The Bertz CT molecular complexity index is 1140. The van der Waals surface area contributed by atoms with Gasteiger partial charge in [0, 0.05) is 93.5 Å². The quantitative estimate of drug-likeness (QED) is 0.105. The second kappa shape index (κ2) is 21.5. The van der Waals surface area contributed by atoms with Crippen molar-refractivity contribution in [3.05, 3.63) is 22.3 Å². The summed E-state index contributed by atoms with van der Waals surface area (Å²) >= 11 is 0. The van der Waals surface area contributed by atoms with Gasteiger partial charge in [0.2, 0.25) is 0 Å². The average Bonchev–Trinajstić information content (AvgIpc) is 3.84. The molecule has 0 N–H and O–H groups in total. The van der Waals surface area contributed by atoms with E-state index in [9.17, 15) is 0 Å². The normalized spacial score (nSPS) is 35.8. The second-order valence-electron chi connectivity index (χ2n) is 11.4. The van der Waals surface area contributed by atoms with E-state index in [1.807, 2.05) is 10.9 Å². The standard InChI is InChI=1S/C14H21B2N3O4.C8H11BO2.C6H10BN3O2.Cu/c1-20-7-12-9(4-13(15)23-12)19-6-8(17-18-19)3-11-10(21-2)5-14(16)22-11;1-3-4-6-7(10-2)5-8(9)11-6;1-11-3-5-4(9-10-8)2-6(7)12-5;/h6,9-14H,3-5,7H2,1-2H3;1,6-8H,4-5H2,2H3;4-6H,2-3H2,1H3;/t9?,10?,11-,12-,13-,14-;6-,7?,8-;4?,5-,6-;/m111./s1. The average molecular weight is 697 g/mol. The molecule has 4 unspecified atom stereocenters. The van der Waals surface area contributed by atoms with E-state index in [0.29, 0.717) is 45.3 Å². The first kappa shape index (κ1) is 41.6. The molecule has 9 radical (unpaired) electrons. The van der Waals surface area contributed by atoms with Crippen molar-refractivity contribution >= 4 is 31.4 Å². The fourth-order valence-electron chi connectivity index (χ4n) is 5.86. The SMILES string of the molecule is [B][C@H]1CC(N=[N+]=[N-])[C@@H](COC)O1.[B][C@H]1CC(OC)[C@@H](CC#C)O1.[B][C@H]1CC(OC)[C@@H](Cc2cn(C3C[C@H]([B])O[C@@H]3COC)nn2)O1.[Cu]. The van der Waals surface area contributed by atoms with Crippen LogP contribution in [0.25, 0.3) is 10.4 Å². The summed E-state index contributed by atoms with van der Waals surface area (Å²) in [4.78, 5) is 2.72. The van der Waals surface area contributed by atoms with Crippen LogP contribution in [0.2, 0.25) is 0 Å². The Labute approximate surface area is 293 Å². The molecule has 0 aliphatic carbocycles. The summed E-state index contributed by atoms with van der Waals surface area (Å²) in [6, 6.07) is -1.30. The molecule has 0 saturated carbocycles. The van der Waals surface area contributed by atoms with Crippen molar-refractivity contribution in [2.75, 3.05) is 41.7 Å². The minimum Gasteiger partial charge on any atom is -0.382 e. The topological polar surface area (TPSA) is 153 Å². The molecule has 14 nitrogen and oxygen atoms in total. The Hall–Kier alpha value is -1.53. The van der Waals surface area contributed by atoms with Gasteiger partial charge in [-0.15, -0.1) is 17.4 Å². The first-order valence-corrected chi connectivity index (χ1v) is 15.2. The summed E-state index contributed by atoms with van der Waals surface area (Å²) < 4.78 is 44.4. The number of hydrogen-bond acceptors (Lipinski definition) is 11.